The monoisotopic (exact) mass is 522 g/mol. The van der Waals surface area contributed by atoms with Crippen LogP contribution in [0.4, 0.5) is 23.2 Å². The molecule has 0 amide bonds. The van der Waals surface area contributed by atoms with Crippen LogP contribution in [0.1, 0.15) is 56.3 Å². The molecule has 202 valence electrons. The van der Waals surface area contributed by atoms with Gasteiger partial charge in [0.25, 0.3) is 0 Å². The molecule has 0 spiro atoms. The second-order valence-electron chi connectivity index (χ2n) is 10.3. The maximum absolute atomic E-state index is 14.8. The number of amidine groups is 1. The molecule has 6 nitrogen and oxygen atoms in total. The average molecular weight is 523 g/mol. The van der Waals surface area contributed by atoms with Gasteiger partial charge in [-0.1, -0.05) is 12.1 Å². The Labute approximate surface area is 215 Å². The van der Waals surface area contributed by atoms with Crippen LogP contribution in [0.25, 0.3) is 0 Å². The van der Waals surface area contributed by atoms with Crippen LogP contribution >= 0.6 is 0 Å². The van der Waals surface area contributed by atoms with Gasteiger partial charge in [0.05, 0.1) is 24.4 Å². The second kappa shape index (κ2) is 10.0. The number of methoxy groups -OCH3 is 1. The van der Waals surface area contributed by atoms with Crippen molar-refractivity contribution in [1.82, 2.24) is 10.2 Å². The van der Waals surface area contributed by atoms with Gasteiger partial charge in [-0.25, -0.2) is 9.38 Å². The lowest BCUT2D eigenvalue weighted by atomic mass is 9.99. The molecule has 1 fully saturated rings. The Morgan fingerprint density at radius 1 is 1.19 bits per heavy atom. The van der Waals surface area contributed by atoms with E-state index in [1.54, 1.807) is 14.0 Å². The summed E-state index contributed by atoms with van der Waals surface area (Å²) in [6.07, 6.45) is -3.01. The Balaban J connectivity index is 1.64. The highest BCUT2D eigenvalue weighted by Crippen LogP contribution is 2.51. The van der Waals surface area contributed by atoms with Crippen LogP contribution in [0.3, 0.4) is 0 Å². The standard InChI is InChI=1S/C27H34F4N4O2/c1-15(18-8-7-9-20(24(18)28)27(29,30)31)32-25-19-12-23(22(36-6)13-21(19)33-17(3)34-25)37-16(2)26(10-11-26)14-35(4)5/h7-9,12-13,15-17,33H,10-11,14H2,1-6H3,(H,32,34)/t15-,16-,17?/m1/s1. The van der Waals surface area contributed by atoms with E-state index in [1.807, 2.05) is 33.2 Å². The number of fused-ring (bicyclic) bond motifs is 1. The summed E-state index contributed by atoms with van der Waals surface area (Å²) in [5.74, 6) is 0.243. The normalized spacial score (nSPS) is 19.9. The van der Waals surface area contributed by atoms with Gasteiger partial charge in [-0.2, -0.15) is 13.2 Å². The predicted molar refractivity (Wildman–Crippen MR) is 136 cm³/mol. The van der Waals surface area contributed by atoms with E-state index in [9.17, 15) is 17.6 Å². The van der Waals surface area contributed by atoms with E-state index < -0.39 is 23.6 Å². The first-order valence-electron chi connectivity index (χ1n) is 12.3. The summed E-state index contributed by atoms with van der Waals surface area (Å²) in [5, 5.41) is 6.40. The van der Waals surface area contributed by atoms with Gasteiger partial charge in [-0.3, -0.25) is 0 Å². The van der Waals surface area contributed by atoms with E-state index in [0.29, 0.717) is 22.9 Å². The van der Waals surface area contributed by atoms with Crippen LogP contribution < -0.4 is 20.1 Å². The molecule has 0 aromatic heterocycles. The number of hydrogen-bond donors (Lipinski definition) is 2. The van der Waals surface area contributed by atoms with Crippen molar-refractivity contribution in [2.75, 3.05) is 33.1 Å². The van der Waals surface area contributed by atoms with Gasteiger partial charge in [-0.05, 0) is 59.8 Å². The van der Waals surface area contributed by atoms with Gasteiger partial charge in [0.15, 0.2) is 11.5 Å². The van der Waals surface area contributed by atoms with Crippen molar-refractivity contribution in [3.8, 4) is 11.5 Å². The molecule has 0 bridgehead atoms. The zero-order chi connectivity index (χ0) is 27.1. The number of aliphatic imine (C=N–C) groups is 1. The summed E-state index contributed by atoms with van der Waals surface area (Å²) >= 11 is 0. The minimum Gasteiger partial charge on any atom is -0.493 e. The third-order valence-electron chi connectivity index (χ3n) is 7.09. The summed E-state index contributed by atoms with van der Waals surface area (Å²) in [6, 6.07) is 6.16. The van der Waals surface area contributed by atoms with Crippen molar-refractivity contribution in [1.29, 1.82) is 0 Å². The van der Waals surface area contributed by atoms with E-state index in [1.165, 1.54) is 12.1 Å². The molecule has 2 aromatic carbocycles. The highest BCUT2D eigenvalue weighted by molar-refractivity contribution is 6.05. The molecule has 37 heavy (non-hydrogen) atoms. The van der Waals surface area contributed by atoms with Crippen LogP contribution in [0.15, 0.2) is 35.3 Å². The molecular weight excluding hydrogens is 488 g/mol. The van der Waals surface area contributed by atoms with Crippen molar-refractivity contribution in [3.05, 3.63) is 52.8 Å². The zero-order valence-electron chi connectivity index (χ0n) is 22.0. The SMILES string of the molecule is COc1cc2c(cc1O[C@H](C)C1(CN(C)C)CC1)C(N[C@H](C)c1cccc(C(F)(F)F)c1F)=NC(C)N2. The molecule has 0 radical (unpaired) electrons. The van der Waals surface area contributed by atoms with E-state index >= 15 is 0 Å². The summed E-state index contributed by atoms with van der Waals surface area (Å²) in [5.41, 5.74) is 0.0804. The van der Waals surface area contributed by atoms with E-state index in [-0.39, 0.29) is 23.2 Å². The third-order valence-corrected chi connectivity index (χ3v) is 7.09. The van der Waals surface area contributed by atoms with Gasteiger partial charge < -0.3 is 25.0 Å². The lowest BCUT2D eigenvalue weighted by Gasteiger charge is -2.30. The first kappa shape index (κ1) is 27.0. The summed E-state index contributed by atoms with van der Waals surface area (Å²) in [7, 11) is 5.66. The van der Waals surface area contributed by atoms with Crippen LogP contribution in [-0.4, -0.2) is 50.8 Å². The molecule has 1 saturated carbocycles. The van der Waals surface area contributed by atoms with Crippen molar-refractivity contribution < 1.29 is 27.0 Å². The predicted octanol–water partition coefficient (Wildman–Crippen LogP) is 5.83. The molecule has 0 saturated heterocycles. The Morgan fingerprint density at radius 2 is 1.89 bits per heavy atom. The summed E-state index contributed by atoms with van der Waals surface area (Å²) in [4.78, 5) is 6.77. The fourth-order valence-electron chi connectivity index (χ4n) is 4.95. The number of anilines is 1. The lowest BCUT2D eigenvalue weighted by molar-refractivity contribution is -0.140. The van der Waals surface area contributed by atoms with Crippen molar-refractivity contribution >= 4 is 11.5 Å². The number of hydrogen-bond acceptors (Lipinski definition) is 6. The molecule has 1 unspecified atom stereocenters. The average Bonchev–Trinajstić information content (AvgIpc) is 3.58. The topological polar surface area (TPSA) is 58.1 Å². The minimum absolute atomic E-state index is 0.0659. The zero-order valence-corrected chi connectivity index (χ0v) is 22.0. The van der Waals surface area contributed by atoms with Crippen LogP contribution in [0, 0.1) is 11.2 Å². The number of ether oxygens (including phenoxy) is 2. The van der Waals surface area contributed by atoms with Gasteiger partial charge in [-0.15, -0.1) is 0 Å². The van der Waals surface area contributed by atoms with Crippen molar-refractivity contribution in [3.63, 3.8) is 0 Å². The molecule has 3 atom stereocenters. The number of halogens is 4. The van der Waals surface area contributed by atoms with Gasteiger partial charge in [0.2, 0.25) is 0 Å². The number of nitrogens with zero attached hydrogens (tertiary/aromatic N) is 2. The maximum atomic E-state index is 14.8. The van der Waals surface area contributed by atoms with E-state index in [0.717, 1.165) is 31.1 Å². The number of benzene rings is 2. The van der Waals surface area contributed by atoms with Crippen molar-refractivity contribution in [2.24, 2.45) is 10.4 Å². The highest BCUT2D eigenvalue weighted by Gasteiger charge is 2.49. The third kappa shape index (κ3) is 5.63. The molecule has 10 heteroatoms. The minimum atomic E-state index is -4.78. The fourth-order valence-corrected chi connectivity index (χ4v) is 4.95. The number of alkyl halides is 3. The van der Waals surface area contributed by atoms with Crippen LogP contribution in [0.5, 0.6) is 11.5 Å². The molecule has 2 aromatic rings. The van der Waals surface area contributed by atoms with Gasteiger partial charge >= 0.3 is 6.18 Å². The number of nitrogens with one attached hydrogen (secondary N) is 2. The molecule has 2 aliphatic rings. The first-order chi connectivity index (χ1) is 17.3. The van der Waals surface area contributed by atoms with Gasteiger partial charge in [0.1, 0.15) is 23.9 Å². The van der Waals surface area contributed by atoms with Gasteiger partial charge in [0, 0.05) is 29.2 Å². The van der Waals surface area contributed by atoms with E-state index in [4.69, 9.17) is 9.47 Å². The lowest BCUT2D eigenvalue weighted by Crippen LogP contribution is -2.36. The molecule has 1 aliphatic carbocycles. The largest absolute Gasteiger partial charge is 0.493 e. The Kier molecular flexibility index (Phi) is 7.34. The Morgan fingerprint density at radius 3 is 2.49 bits per heavy atom. The smallest absolute Gasteiger partial charge is 0.419 e. The quantitative estimate of drug-likeness (QED) is 0.427. The Hall–Kier alpha value is -3.01. The molecule has 2 N–H and O–H groups in total. The van der Waals surface area contributed by atoms with Crippen molar-refractivity contribution in [2.45, 2.75) is 58.1 Å². The fraction of sp³-hybridized carbons (Fsp3) is 0.519. The van der Waals surface area contributed by atoms with Crippen LogP contribution in [0.2, 0.25) is 0 Å². The summed E-state index contributed by atoms with van der Waals surface area (Å²) in [6.45, 7) is 6.42. The molecule has 4 rings (SSSR count). The van der Waals surface area contributed by atoms with Crippen LogP contribution in [-0.2, 0) is 6.18 Å². The first-order valence-corrected chi connectivity index (χ1v) is 12.3. The molecular formula is C27H34F4N4O2. The maximum Gasteiger partial charge on any atom is 0.419 e. The highest BCUT2D eigenvalue weighted by atomic mass is 19.4. The van der Waals surface area contributed by atoms with E-state index in [2.05, 4.69) is 27.4 Å². The Bertz CT molecular complexity index is 1180. The second-order valence-corrected chi connectivity index (χ2v) is 10.3. The summed E-state index contributed by atoms with van der Waals surface area (Å²) < 4.78 is 66.6. The molecule has 1 heterocycles. The molecule has 1 aliphatic heterocycles. The number of rotatable bonds is 8.